The van der Waals surface area contributed by atoms with Crippen molar-refractivity contribution in [2.24, 2.45) is 0 Å². The van der Waals surface area contributed by atoms with E-state index in [0.29, 0.717) is 11.1 Å². The van der Waals surface area contributed by atoms with Crippen molar-refractivity contribution in [3.8, 4) is 5.75 Å². The molecular weight excluding hydrogens is 381 g/mol. The molecule has 8 nitrogen and oxygen atoms in total. The van der Waals surface area contributed by atoms with E-state index in [-0.39, 0.29) is 24.5 Å². The highest BCUT2D eigenvalue weighted by molar-refractivity contribution is 5.87. The summed E-state index contributed by atoms with van der Waals surface area (Å²) in [7, 11) is 1.22. The molecule has 0 bridgehead atoms. The smallest absolute Gasteiger partial charge is 0.328 e. The minimum Gasteiger partial charge on any atom is -0.503 e. The fourth-order valence-corrected chi connectivity index (χ4v) is 3.11. The summed E-state index contributed by atoms with van der Waals surface area (Å²) in [5.74, 6) is -1.95. The standard InChI is InChI=1S/C20H20FN3O5/c1-11-19(27)17(25)5-6-24(11)10-18(26)23-16(20(28)29-2)7-12-9-22-15-8-13(21)3-4-14(12)15/h3-6,8-9,16,22,27H,7,10H2,1-2H3,(H,23,26). The van der Waals surface area contributed by atoms with Crippen LogP contribution in [0.2, 0.25) is 0 Å². The molecule has 2 heterocycles. The Morgan fingerprint density at radius 2 is 2.10 bits per heavy atom. The van der Waals surface area contributed by atoms with Crippen LogP contribution in [0.5, 0.6) is 5.75 Å². The number of rotatable bonds is 6. The number of benzene rings is 1. The number of pyridine rings is 1. The second-order valence-electron chi connectivity index (χ2n) is 6.59. The number of aromatic hydroxyl groups is 1. The third kappa shape index (κ3) is 4.29. The number of nitrogens with zero attached hydrogens (tertiary/aromatic N) is 1. The van der Waals surface area contributed by atoms with Gasteiger partial charge in [-0.25, -0.2) is 9.18 Å². The molecule has 0 spiro atoms. The summed E-state index contributed by atoms with van der Waals surface area (Å²) in [6.07, 6.45) is 3.17. The molecule has 3 N–H and O–H groups in total. The van der Waals surface area contributed by atoms with E-state index in [2.05, 4.69) is 10.3 Å². The van der Waals surface area contributed by atoms with Gasteiger partial charge in [0.15, 0.2) is 5.75 Å². The van der Waals surface area contributed by atoms with Crippen molar-refractivity contribution in [1.82, 2.24) is 14.9 Å². The summed E-state index contributed by atoms with van der Waals surface area (Å²) in [5.41, 5.74) is 0.991. The van der Waals surface area contributed by atoms with E-state index in [1.807, 2.05) is 0 Å². The first-order chi connectivity index (χ1) is 13.8. The Morgan fingerprint density at radius 3 is 2.83 bits per heavy atom. The van der Waals surface area contributed by atoms with Crippen molar-refractivity contribution in [3.05, 3.63) is 64.0 Å². The Morgan fingerprint density at radius 1 is 1.34 bits per heavy atom. The number of nitrogens with one attached hydrogen (secondary N) is 2. The molecule has 3 rings (SSSR count). The summed E-state index contributed by atoms with van der Waals surface area (Å²) in [6, 6.07) is 4.44. The predicted molar refractivity (Wildman–Crippen MR) is 103 cm³/mol. The summed E-state index contributed by atoms with van der Waals surface area (Å²) >= 11 is 0. The highest BCUT2D eigenvalue weighted by Crippen LogP contribution is 2.21. The van der Waals surface area contributed by atoms with Gasteiger partial charge in [-0.05, 0) is 30.7 Å². The first-order valence-corrected chi connectivity index (χ1v) is 8.82. The van der Waals surface area contributed by atoms with Crippen molar-refractivity contribution in [1.29, 1.82) is 0 Å². The van der Waals surface area contributed by atoms with E-state index in [9.17, 15) is 23.9 Å². The molecule has 1 atom stereocenters. The van der Waals surface area contributed by atoms with Crippen LogP contribution in [-0.4, -0.2) is 39.7 Å². The molecule has 152 valence electrons. The number of esters is 1. The quantitative estimate of drug-likeness (QED) is 0.540. The number of aromatic amines is 1. The molecule has 0 radical (unpaired) electrons. The second kappa shape index (κ2) is 8.17. The van der Waals surface area contributed by atoms with Crippen LogP contribution >= 0.6 is 0 Å². The molecule has 1 aromatic carbocycles. The van der Waals surface area contributed by atoms with Crippen molar-refractivity contribution in [3.63, 3.8) is 0 Å². The lowest BCUT2D eigenvalue weighted by atomic mass is 10.0. The van der Waals surface area contributed by atoms with Crippen molar-refractivity contribution in [2.75, 3.05) is 7.11 Å². The van der Waals surface area contributed by atoms with Crippen molar-refractivity contribution < 1.29 is 23.8 Å². The first kappa shape index (κ1) is 20.1. The van der Waals surface area contributed by atoms with Crippen LogP contribution in [0, 0.1) is 12.7 Å². The van der Waals surface area contributed by atoms with Crippen LogP contribution in [0.15, 0.2) is 41.5 Å². The predicted octanol–water partition coefficient (Wildman–Crippen LogP) is 1.38. The van der Waals surface area contributed by atoms with Gasteiger partial charge in [-0.2, -0.15) is 0 Å². The number of methoxy groups -OCH3 is 1. The summed E-state index contributed by atoms with van der Waals surface area (Å²) in [6.45, 7) is 1.30. The molecule has 9 heteroatoms. The molecule has 0 aliphatic heterocycles. The largest absolute Gasteiger partial charge is 0.503 e. The topological polar surface area (TPSA) is 113 Å². The zero-order valence-electron chi connectivity index (χ0n) is 15.9. The van der Waals surface area contributed by atoms with Gasteiger partial charge in [-0.3, -0.25) is 9.59 Å². The summed E-state index contributed by atoms with van der Waals surface area (Å²) in [4.78, 5) is 39.0. The van der Waals surface area contributed by atoms with Gasteiger partial charge >= 0.3 is 5.97 Å². The Bertz CT molecular complexity index is 1130. The van der Waals surface area contributed by atoms with Gasteiger partial charge in [0.25, 0.3) is 0 Å². The zero-order valence-corrected chi connectivity index (χ0v) is 15.9. The van der Waals surface area contributed by atoms with Crippen LogP contribution in [0.25, 0.3) is 10.9 Å². The molecule has 0 aliphatic carbocycles. The average Bonchev–Trinajstić information content (AvgIpc) is 3.09. The lowest BCUT2D eigenvalue weighted by Gasteiger charge is -2.18. The van der Waals surface area contributed by atoms with E-state index < -0.39 is 29.1 Å². The molecule has 3 aromatic rings. The summed E-state index contributed by atoms with van der Waals surface area (Å²) in [5, 5.41) is 13.1. The van der Waals surface area contributed by atoms with E-state index in [1.165, 1.54) is 36.9 Å². The fourth-order valence-electron chi connectivity index (χ4n) is 3.11. The zero-order chi connectivity index (χ0) is 21.1. The van der Waals surface area contributed by atoms with Gasteiger partial charge in [-0.15, -0.1) is 0 Å². The molecule has 0 aliphatic rings. The number of carbonyl (C=O) groups is 2. The van der Waals surface area contributed by atoms with Crippen LogP contribution in [0.1, 0.15) is 11.3 Å². The highest BCUT2D eigenvalue weighted by Gasteiger charge is 2.24. The van der Waals surface area contributed by atoms with Gasteiger partial charge in [0.05, 0.1) is 12.8 Å². The number of amides is 1. The van der Waals surface area contributed by atoms with Crippen LogP contribution < -0.4 is 10.7 Å². The molecule has 1 unspecified atom stereocenters. The number of hydrogen-bond donors (Lipinski definition) is 3. The third-order valence-corrected chi connectivity index (χ3v) is 4.70. The molecule has 1 amide bonds. The van der Waals surface area contributed by atoms with Crippen molar-refractivity contribution in [2.45, 2.75) is 25.9 Å². The maximum atomic E-state index is 13.4. The van der Waals surface area contributed by atoms with Crippen LogP contribution in [0.4, 0.5) is 4.39 Å². The SMILES string of the molecule is COC(=O)C(Cc1c[nH]c2cc(F)ccc12)NC(=O)Cn1ccc(=O)c(O)c1C. The van der Waals surface area contributed by atoms with Crippen LogP contribution in [-0.2, 0) is 27.3 Å². The number of fused-ring (bicyclic) bond motifs is 1. The number of aromatic nitrogens is 2. The van der Waals surface area contributed by atoms with E-state index in [1.54, 1.807) is 12.3 Å². The van der Waals surface area contributed by atoms with Crippen LogP contribution in [0.3, 0.4) is 0 Å². The maximum absolute atomic E-state index is 13.4. The number of carbonyl (C=O) groups excluding carboxylic acids is 2. The minimum atomic E-state index is -0.968. The van der Waals surface area contributed by atoms with Gasteiger partial charge in [0, 0.05) is 35.8 Å². The van der Waals surface area contributed by atoms with E-state index >= 15 is 0 Å². The molecule has 0 fully saturated rings. The number of hydrogen-bond acceptors (Lipinski definition) is 5. The van der Waals surface area contributed by atoms with Gasteiger partial charge in [0.1, 0.15) is 18.4 Å². The fraction of sp³-hybridized carbons (Fsp3) is 0.250. The molecule has 2 aromatic heterocycles. The van der Waals surface area contributed by atoms with E-state index in [4.69, 9.17) is 4.74 Å². The Labute approximate surface area is 164 Å². The average molecular weight is 401 g/mol. The Hall–Kier alpha value is -3.62. The van der Waals surface area contributed by atoms with Crippen molar-refractivity contribution >= 4 is 22.8 Å². The number of halogens is 1. The normalized spacial score (nSPS) is 12.0. The van der Waals surface area contributed by atoms with E-state index in [0.717, 1.165) is 11.5 Å². The lowest BCUT2D eigenvalue weighted by molar-refractivity contribution is -0.145. The van der Waals surface area contributed by atoms with Gasteiger partial charge in [-0.1, -0.05) is 0 Å². The highest BCUT2D eigenvalue weighted by atomic mass is 19.1. The Balaban J connectivity index is 1.78. The molecule has 29 heavy (non-hydrogen) atoms. The lowest BCUT2D eigenvalue weighted by Crippen LogP contribution is -2.44. The monoisotopic (exact) mass is 401 g/mol. The Kier molecular flexibility index (Phi) is 5.67. The number of ether oxygens (including phenoxy) is 1. The third-order valence-electron chi connectivity index (χ3n) is 4.70. The van der Waals surface area contributed by atoms with Gasteiger partial charge in [0.2, 0.25) is 11.3 Å². The number of H-pyrrole nitrogens is 1. The molecular formula is C20H20FN3O5. The summed E-state index contributed by atoms with van der Waals surface area (Å²) < 4.78 is 19.6. The second-order valence-corrected chi connectivity index (χ2v) is 6.59. The van der Waals surface area contributed by atoms with Gasteiger partial charge < -0.3 is 24.7 Å². The molecule has 0 saturated carbocycles. The maximum Gasteiger partial charge on any atom is 0.328 e. The minimum absolute atomic E-state index is 0.137. The molecule has 0 saturated heterocycles. The first-order valence-electron chi connectivity index (χ1n) is 8.82.